The summed E-state index contributed by atoms with van der Waals surface area (Å²) in [7, 11) is 0. The third-order valence-corrected chi connectivity index (χ3v) is 4.48. The van der Waals surface area contributed by atoms with E-state index >= 15 is 0 Å². The van der Waals surface area contributed by atoms with Gasteiger partial charge in [0.25, 0.3) is 0 Å². The van der Waals surface area contributed by atoms with Gasteiger partial charge in [-0.3, -0.25) is 4.68 Å². The van der Waals surface area contributed by atoms with Gasteiger partial charge in [-0.05, 0) is 25.3 Å². The topological polar surface area (TPSA) is 72.9 Å². The SMILES string of the molecule is CCCc1nsc(N2CCC(n3ccc(N)n3)CC2)n1. The fraction of sp³-hybridized carbons (Fsp3) is 0.615. The molecule has 2 aromatic rings. The molecule has 7 heteroatoms. The number of nitrogen functional groups attached to an aromatic ring is 1. The van der Waals surface area contributed by atoms with E-state index in [0.29, 0.717) is 11.9 Å². The average Bonchev–Trinajstić information content (AvgIpc) is 3.09. The lowest BCUT2D eigenvalue weighted by molar-refractivity contribution is 0.367. The van der Waals surface area contributed by atoms with Gasteiger partial charge in [0.2, 0.25) is 5.13 Å². The summed E-state index contributed by atoms with van der Waals surface area (Å²) < 4.78 is 6.41. The van der Waals surface area contributed by atoms with Gasteiger partial charge in [-0.1, -0.05) is 6.92 Å². The number of hydrogen-bond acceptors (Lipinski definition) is 6. The Hall–Kier alpha value is -1.63. The third kappa shape index (κ3) is 2.77. The highest BCUT2D eigenvalue weighted by Gasteiger charge is 2.23. The molecule has 0 aromatic carbocycles. The zero-order valence-corrected chi connectivity index (χ0v) is 12.5. The standard InChI is InChI=1S/C13H20N6S/c1-2-3-12-15-13(20-17-12)18-7-4-10(5-8-18)19-9-6-11(14)16-19/h6,9-10H,2-5,7-8H2,1H3,(H2,14,16). The molecule has 0 unspecified atom stereocenters. The first-order valence-electron chi connectivity index (χ1n) is 7.14. The van der Waals surface area contributed by atoms with Crippen LogP contribution in [0.25, 0.3) is 0 Å². The molecule has 0 spiro atoms. The Morgan fingerprint density at radius 2 is 2.20 bits per heavy atom. The third-order valence-electron chi connectivity index (χ3n) is 3.67. The van der Waals surface area contributed by atoms with Crippen LogP contribution in [0.15, 0.2) is 12.3 Å². The second kappa shape index (κ2) is 5.78. The van der Waals surface area contributed by atoms with Crippen molar-refractivity contribution in [1.29, 1.82) is 0 Å². The smallest absolute Gasteiger partial charge is 0.205 e. The molecular formula is C13H20N6S. The van der Waals surface area contributed by atoms with Gasteiger partial charge in [0.15, 0.2) is 0 Å². The molecular weight excluding hydrogens is 272 g/mol. The molecule has 1 aliphatic heterocycles. The second-order valence-corrected chi connectivity index (χ2v) is 5.91. The van der Waals surface area contributed by atoms with Crippen molar-refractivity contribution >= 4 is 22.5 Å². The maximum absolute atomic E-state index is 5.68. The van der Waals surface area contributed by atoms with Crippen LogP contribution in [0.5, 0.6) is 0 Å². The van der Waals surface area contributed by atoms with Crippen molar-refractivity contribution in [3.8, 4) is 0 Å². The van der Waals surface area contributed by atoms with Crippen LogP contribution in [0.1, 0.15) is 38.1 Å². The predicted octanol–water partition coefficient (Wildman–Crippen LogP) is 2.11. The number of aryl methyl sites for hydroxylation is 1. The van der Waals surface area contributed by atoms with Crippen molar-refractivity contribution in [3.63, 3.8) is 0 Å². The summed E-state index contributed by atoms with van der Waals surface area (Å²) in [6, 6.07) is 2.31. The van der Waals surface area contributed by atoms with Gasteiger partial charge < -0.3 is 10.6 Å². The van der Waals surface area contributed by atoms with E-state index in [-0.39, 0.29) is 0 Å². The van der Waals surface area contributed by atoms with Crippen LogP contribution in [-0.4, -0.2) is 32.2 Å². The average molecular weight is 292 g/mol. The number of anilines is 2. The Labute approximate surface area is 122 Å². The van der Waals surface area contributed by atoms with Gasteiger partial charge in [-0.15, -0.1) is 0 Å². The van der Waals surface area contributed by atoms with E-state index in [9.17, 15) is 0 Å². The zero-order chi connectivity index (χ0) is 13.9. The second-order valence-electron chi connectivity index (χ2n) is 5.18. The van der Waals surface area contributed by atoms with E-state index in [4.69, 9.17) is 5.73 Å². The Morgan fingerprint density at radius 3 is 2.85 bits per heavy atom. The van der Waals surface area contributed by atoms with Crippen molar-refractivity contribution in [2.75, 3.05) is 23.7 Å². The summed E-state index contributed by atoms with van der Waals surface area (Å²) >= 11 is 1.52. The fourth-order valence-corrected chi connectivity index (χ4v) is 3.34. The Kier molecular flexibility index (Phi) is 3.86. The van der Waals surface area contributed by atoms with E-state index in [1.54, 1.807) is 0 Å². The molecule has 0 atom stereocenters. The normalized spacial score (nSPS) is 16.8. The van der Waals surface area contributed by atoms with Gasteiger partial charge in [-0.2, -0.15) is 9.47 Å². The molecule has 6 nitrogen and oxygen atoms in total. The lowest BCUT2D eigenvalue weighted by Gasteiger charge is -2.31. The molecule has 0 radical (unpaired) electrons. The molecule has 0 bridgehead atoms. The molecule has 108 valence electrons. The van der Waals surface area contributed by atoms with Gasteiger partial charge in [0.1, 0.15) is 11.6 Å². The van der Waals surface area contributed by atoms with Gasteiger partial charge in [0, 0.05) is 37.2 Å². The minimum absolute atomic E-state index is 0.451. The number of nitrogens with zero attached hydrogens (tertiary/aromatic N) is 5. The van der Waals surface area contributed by atoms with Crippen molar-refractivity contribution in [1.82, 2.24) is 19.1 Å². The lowest BCUT2D eigenvalue weighted by Crippen LogP contribution is -2.34. The van der Waals surface area contributed by atoms with Gasteiger partial charge in [0.05, 0.1) is 6.04 Å². The number of nitrogens with two attached hydrogens (primary N) is 1. The van der Waals surface area contributed by atoms with Crippen LogP contribution in [0.4, 0.5) is 10.9 Å². The highest BCUT2D eigenvalue weighted by molar-refractivity contribution is 7.09. The summed E-state index contributed by atoms with van der Waals surface area (Å²) in [4.78, 5) is 6.95. The minimum Gasteiger partial charge on any atom is -0.382 e. The van der Waals surface area contributed by atoms with E-state index in [1.807, 2.05) is 16.9 Å². The largest absolute Gasteiger partial charge is 0.382 e. The fourth-order valence-electron chi connectivity index (χ4n) is 2.58. The summed E-state index contributed by atoms with van der Waals surface area (Å²) in [5.41, 5.74) is 5.68. The van der Waals surface area contributed by atoms with Crippen molar-refractivity contribution in [3.05, 3.63) is 18.1 Å². The van der Waals surface area contributed by atoms with Crippen molar-refractivity contribution in [2.45, 2.75) is 38.6 Å². The molecule has 2 N–H and O–H groups in total. The molecule has 0 aliphatic carbocycles. The first kappa shape index (κ1) is 13.4. The molecule has 1 aliphatic rings. The molecule has 20 heavy (non-hydrogen) atoms. The minimum atomic E-state index is 0.451. The quantitative estimate of drug-likeness (QED) is 0.934. The zero-order valence-electron chi connectivity index (χ0n) is 11.7. The van der Waals surface area contributed by atoms with Crippen molar-refractivity contribution in [2.24, 2.45) is 0 Å². The molecule has 0 amide bonds. The monoisotopic (exact) mass is 292 g/mol. The Bertz CT molecular complexity index is 555. The molecule has 2 aromatic heterocycles. The van der Waals surface area contributed by atoms with Gasteiger partial charge in [-0.25, -0.2) is 4.98 Å². The van der Waals surface area contributed by atoms with E-state index in [0.717, 1.165) is 49.7 Å². The highest BCUT2D eigenvalue weighted by Crippen LogP contribution is 2.27. The maximum Gasteiger partial charge on any atom is 0.205 e. The van der Waals surface area contributed by atoms with E-state index < -0.39 is 0 Å². The Balaban J connectivity index is 1.60. The van der Waals surface area contributed by atoms with Crippen LogP contribution in [0.3, 0.4) is 0 Å². The van der Waals surface area contributed by atoms with Crippen molar-refractivity contribution < 1.29 is 0 Å². The predicted molar refractivity (Wildman–Crippen MR) is 81.0 cm³/mol. The summed E-state index contributed by atoms with van der Waals surface area (Å²) in [5.74, 6) is 1.58. The van der Waals surface area contributed by atoms with E-state index in [2.05, 4.69) is 26.3 Å². The molecule has 1 fully saturated rings. The van der Waals surface area contributed by atoms with Crippen LogP contribution < -0.4 is 10.6 Å². The van der Waals surface area contributed by atoms with Crippen LogP contribution in [-0.2, 0) is 6.42 Å². The summed E-state index contributed by atoms with van der Waals surface area (Å²) in [5, 5.41) is 5.37. The number of rotatable bonds is 4. The van der Waals surface area contributed by atoms with Gasteiger partial charge >= 0.3 is 0 Å². The highest BCUT2D eigenvalue weighted by atomic mass is 32.1. The number of aromatic nitrogens is 4. The summed E-state index contributed by atoms with van der Waals surface area (Å²) in [6.07, 6.45) is 6.19. The van der Waals surface area contributed by atoms with Crippen LogP contribution in [0, 0.1) is 0 Å². The molecule has 1 saturated heterocycles. The van der Waals surface area contributed by atoms with Crippen LogP contribution >= 0.6 is 11.5 Å². The molecule has 3 heterocycles. The number of piperidine rings is 1. The first-order chi connectivity index (χ1) is 9.76. The first-order valence-corrected chi connectivity index (χ1v) is 7.91. The van der Waals surface area contributed by atoms with Crippen LogP contribution in [0.2, 0.25) is 0 Å². The lowest BCUT2D eigenvalue weighted by atomic mass is 10.1. The van der Waals surface area contributed by atoms with E-state index in [1.165, 1.54) is 11.5 Å². The molecule has 0 saturated carbocycles. The number of hydrogen-bond donors (Lipinski definition) is 1. The summed E-state index contributed by atoms with van der Waals surface area (Å²) in [6.45, 7) is 4.17. The molecule has 3 rings (SSSR count). The Morgan fingerprint density at radius 1 is 1.40 bits per heavy atom. The maximum atomic E-state index is 5.68.